The molecule has 2 aliphatic rings. The highest BCUT2D eigenvalue weighted by atomic mass is 19.4. The van der Waals surface area contributed by atoms with Gasteiger partial charge >= 0.3 is 41.7 Å². The molecule has 0 bridgehead atoms. The van der Waals surface area contributed by atoms with Gasteiger partial charge in [-0.2, -0.15) is 65.9 Å². The number of rotatable bonds is 17. The molecule has 3 rings (SSSR count). The average Bonchev–Trinajstić information content (AvgIpc) is 3.06. The standard InChI is InChI=1S/C35H43F15O/c1-2-3-4-5-6-7-22-8-10-23(11-9-22)12-13-24-14-16-25(17-15-24)26-18-20-27(21-19-26)28(51)29(36,37)30(38,39)31(40,41)32(42,43)33(44,45)34(46,47)35(48,49)50/h18-25H,2-17H2,1H3/t22-,23-,24-,25-. The van der Waals surface area contributed by atoms with Crippen LogP contribution in [0.1, 0.15) is 131 Å². The van der Waals surface area contributed by atoms with Crippen molar-refractivity contribution in [1.82, 2.24) is 0 Å². The van der Waals surface area contributed by atoms with E-state index < -0.39 is 53.1 Å². The summed E-state index contributed by atoms with van der Waals surface area (Å²) >= 11 is 0. The minimum atomic E-state index is -8.43. The van der Waals surface area contributed by atoms with Crippen LogP contribution in [0.3, 0.4) is 0 Å². The molecule has 2 aliphatic carbocycles. The lowest BCUT2D eigenvalue weighted by Gasteiger charge is -2.41. The van der Waals surface area contributed by atoms with Crippen LogP contribution in [0.5, 0.6) is 0 Å². The quantitative estimate of drug-likeness (QED) is 0.0877. The Hall–Kier alpha value is -2.16. The molecular weight excluding hydrogens is 721 g/mol. The third kappa shape index (κ3) is 8.64. The minimum Gasteiger partial charge on any atom is -0.287 e. The first-order chi connectivity index (χ1) is 23.4. The van der Waals surface area contributed by atoms with Gasteiger partial charge in [-0.1, -0.05) is 108 Å². The summed E-state index contributed by atoms with van der Waals surface area (Å²) in [6.07, 6.45) is 9.99. The molecule has 1 aromatic rings. The van der Waals surface area contributed by atoms with E-state index in [1.165, 1.54) is 64.2 Å². The fourth-order valence-electron chi connectivity index (χ4n) is 7.30. The number of hydrogen-bond acceptors (Lipinski definition) is 1. The smallest absolute Gasteiger partial charge is 0.287 e. The highest BCUT2D eigenvalue weighted by molar-refractivity contribution is 6.02. The van der Waals surface area contributed by atoms with Gasteiger partial charge in [-0.15, -0.1) is 0 Å². The third-order valence-corrected chi connectivity index (χ3v) is 10.8. The molecule has 0 amide bonds. The predicted octanol–water partition coefficient (Wildman–Crippen LogP) is 13.5. The average molecular weight is 765 g/mol. The van der Waals surface area contributed by atoms with Crippen molar-refractivity contribution in [3.05, 3.63) is 35.4 Å². The lowest BCUT2D eigenvalue weighted by Crippen LogP contribution is -2.73. The Morgan fingerprint density at radius 1 is 0.510 bits per heavy atom. The molecule has 294 valence electrons. The predicted molar refractivity (Wildman–Crippen MR) is 159 cm³/mol. The van der Waals surface area contributed by atoms with Gasteiger partial charge in [0.25, 0.3) is 0 Å². The van der Waals surface area contributed by atoms with Gasteiger partial charge in [0.15, 0.2) is 0 Å². The molecule has 0 heterocycles. The van der Waals surface area contributed by atoms with Crippen molar-refractivity contribution >= 4 is 5.78 Å². The molecule has 0 unspecified atom stereocenters. The van der Waals surface area contributed by atoms with Crippen molar-refractivity contribution in [2.24, 2.45) is 17.8 Å². The van der Waals surface area contributed by atoms with Crippen LogP contribution in [0, 0.1) is 17.8 Å². The maximum Gasteiger partial charge on any atom is 0.460 e. The second-order valence-corrected chi connectivity index (χ2v) is 14.3. The van der Waals surface area contributed by atoms with Crippen molar-refractivity contribution in [2.75, 3.05) is 0 Å². The van der Waals surface area contributed by atoms with E-state index >= 15 is 0 Å². The number of benzene rings is 1. The zero-order valence-electron chi connectivity index (χ0n) is 28.0. The number of halogens is 15. The van der Waals surface area contributed by atoms with Gasteiger partial charge < -0.3 is 0 Å². The fraction of sp³-hybridized carbons (Fsp3) is 0.800. The normalized spacial score (nSPS) is 23.4. The van der Waals surface area contributed by atoms with Gasteiger partial charge in [-0.3, -0.25) is 4.79 Å². The second kappa shape index (κ2) is 16.1. The molecular formula is C35H43F15O. The topological polar surface area (TPSA) is 17.1 Å². The van der Waals surface area contributed by atoms with E-state index in [1.54, 1.807) is 0 Å². The van der Waals surface area contributed by atoms with Crippen LogP contribution in [-0.4, -0.2) is 47.5 Å². The molecule has 2 fully saturated rings. The molecule has 1 nitrogen and oxygen atoms in total. The number of carbonyl (C=O) groups is 1. The zero-order chi connectivity index (χ0) is 38.7. The number of unbranched alkanes of at least 4 members (excludes halogenated alkanes) is 4. The van der Waals surface area contributed by atoms with E-state index in [1.807, 2.05) is 0 Å². The van der Waals surface area contributed by atoms with Crippen LogP contribution < -0.4 is 0 Å². The Bertz CT molecular complexity index is 1260. The fourth-order valence-corrected chi connectivity index (χ4v) is 7.30. The SMILES string of the molecule is CCCCCCC[C@H]1CC[C@H](CC[C@H]2CC[C@H](c3ccc(C(=O)C(F)(F)C(F)(F)C(F)(F)C(F)(F)C(F)(F)C(F)(F)C(F)(F)F)cc3)CC2)CC1. The maximum atomic E-state index is 14.5. The Morgan fingerprint density at radius 3 is 1.35 bits per heavy atom. The van der Waals surface area contributed by atoms with Gasteiger partial charge in [0, 0.05) is 5.56 Å². The first-order valence-electron chi connectivity index (χ1n) is 17.3. The molecule has 0 N–H and O–H groups in total. The van der Waals surface area contributed by atoms with E-state index in [0.717, 1.165) is 43.7 Å². The van der Waals surface area contributed by atoms with E-state index in [-0.39, 0.29) is 5.92 Å². The number of ketones is 1. The van der Waals surface area contributed by atoms with Gasteiger partial charge in [0.1, 0.15) is 0 Å². The molecule has 1 aromatic carbocycles. The summed E-state index contributed by atoms with van der Waals surface area (Å²) in [5.74, 6) is -49.5. The maximum absolute atomic E-state index is 14.5. The van der Waals surface area contributed by atoms with Crippen molar-refractivity contribution in [3.8, 4) is 0 Å². The molecule has 0 saturated heterocycles. The molecule has 0 aliphatic heterocycles. The molecule has 2 saturated carbocycles. The molecule has 0 aromatic heterocycles. The Morgan fingerprint density at radius 2 is 0.902 bits per heavy atom. The molecule has 0 radical (unpaired) electrons. The largest absolute Gasteiger partial charge is 0.460 e. The van der Waals surface area contributed by atoms with Crippen LogP contribution in [0.25, 0.3) is 0 Å². The van der Waals surface area contributed by atoms with Gasteiger partial charge in [-0.05, 0) is 54.9 Å². The number of hydrogen-bond donors (Lipinski definition) is 0. The Kier molecular flexibility index (Phi) is 13.6. The zero-order valence-corrected chi connectivity index (χ0v) is 28.0. The highest BCUT2D eigenvalue weighted by Crippen LogP contribution is 2.62. The van der Waals surface area contributed by atoms with E-state index in [2.05, 4.69) is 6.92 Å². The van der Waals surface area contributed by atoms with Crippen LogP contribution in [-0.2, 0) is 0 Å². The first-order valence-corrected chi connectivity index (χ1v) is 17.3. The van der Waals surface area contributed by atoms with Gasteiger partial charge in [0.2, 0.25) is 5.78 Å². The molecule has 0 spiro atoms. The second-order valence-electron chi connectivity index (χ2n) is 14.3. The summed E-state index contributed by atoms with van der Waals surface area (Å²) in [6.45, 7) is 2.19. The Labute approximate surface area is 287 Å². The summed E-state index contributed by atoms with van der Waals surface area (Å²) in [4.78, 5) is 12.2. The monoisotopic (exact) mass is 764 g/mol. The Balaban J connectivity index is 1.57. The van der Waals surface area contributed by atoms with Gasteiger partial charge in [-0.25, -0.2) is 0 Å². The van der Waals surface area contributed by atoms with Crippen LogP contribution in [0.2, 0.25) is 0 Å². The van der Waals surface area contributed by atoms with Crippen molar-refractivity contribution in [3.63, 3.8) is 0 Å². The van der Waals surface area contributed by atoms with Crippen molar-refractivity contribution < 1.29 is 70.7 Å². The number of carbonyl (C=O) groups excluding carboxylic acids is 1. The molecule has 16 heteroatoms. The lowest BCUT2D eigenvalue weighted by molar-refractivity contribution is -0.449. The van der Waals surface area contributed by atoms with Crippen molar-refractivity contribution in [1.29, 1.82) is 0 Å². The molecule has 0 atom stereocenters. The molecule has 51 heavy (non-hydrogen) atoms. The van der Waals surface area contributed by atoms with E-state index in [0.29, 0.717) is 42.4 Å². The van der Waals surface area contributed by atoms with Crippen LogP contribution in [0.4, 0.5) is 65.9 Å². The first kappa shape index (κ1) is 43.2. The highest BCUT2D eigenvalue weighted by Gasteiger charge is 2.94. The minimum absolute atomic E-state index is 0.152. The van der Waals surface area contributed by atoms with Crippen LogP contribution >= 0.6 is 0 Å². The number of Topliss-reactive ketones (excluding diaryl/α,β-unsaturated/α-hetero) is 1. The summed E-state index contributed by atoms with van der Waals surface area (Å²) in [6, 6.07) is 3.08. The van der Waals surface area contributed by atoms with Gasteiger partial charge in [0.05, 0.1) is 0 Å². The number of alkyl halides is 15. The summed E-state index contributed by atoms with van der Waals surface area (Å²) in [5, 5.41) is 0. The summed E-state index contributed by atoms with van der Waals surface area (Å²) in [5.41, 5.74) is -0.992. The summed E-state index contributed by atoms with van der Waals surface area (Å²) in [7, 11) is 0. The van der Waals surface area contributed by atoms with Crippen LogP contribution in [0.15, 0.2) is 24.3 Å². The lowest BCUT2D eigenvalue weighted by atomic mass is 9.74. The third-order valence-electron chi connectivity index (χ3n) is 10.8. The van der Waals surface area contributed by atoms with E-state index in [9.17, 15) is 70.7 Å². The van der Waals surface area contributed by atoms with E-state index in [4.69, 9.17) is 0 Å². The van der Waals surface area contributed by atoms with Crippen molar-refractivity contribution in [2.45, 2.75) is 157 Å². The summed E-state index contributed by atoms with van der Waals surface area (Å²) < 4.78 is 203.